The summed E-state index contributed by atoms with van der Waals surface area (Å²) in [6, 6.07) is 14.0. The van der Waals surface area contributed by atoms with Crippen molar-refractivity contribution >= 4 is 17.6 Å². The summed E-state index contributed by atoms with van der Waals surface area (Å²) >= 11 is 0. The molecule has 0 spiro atoms. The van der Waals surface area contributed by atoms with Gasteiger partial charge in [-0.2, -0.15) is 0 Å². The van der Waals surface area contributed by atoms with Gasteiger partial charge in [0.2, 0.25) is 0 Å². The molecule has 0 fully saturated rings. The van der Waals surface area contributed by atoms with Crippen LogP contribution in [0.3, 0.4) is 0 Å². The number of aliphatic carboxylic acids is 1. The van der Waals surface area contributed by atoms with Crippen LogP contribution in [0.5, 0.6) is 5.75 Å². The highest BCUT2D eigenvalue weighted by atomic mass is 16.5. The van der Waals surface area contributed by atoms with Gasteiger partial charge in [0.05, 0.1) is 13.0 Å². The minimum Gasteiger partial charge on any atom is -0.497 e. The molecule has 0 saturated carbocycles. The highest BCUT2D eigenvalue weighted by Crippen LogP contribution is 2.39. The molecule has 1 aliphatic heterocycles. The molecule has 2 atom stereocenters. The largest absolute Gasteiger partial charge is 0.497 e. The molecule has 0 radical (unpaired) electrons. The summed E-state index contributed by atoms with van der Waals surface area (Å²) in [5.41, 5.74) is 1.86. The fourth-order valence-electron chi connectivity index (χ4n) is 3.25. The number of rotatable bonds is 3. The number of para-hydroxylation sites is 1. The van der Waals surface area contributed by atoms with Crippen molar-refractivity contribution in [1.29, 1.82) is 0 Å². The lowest BCUT2D eigenvalue weighted by atomic mass is 9.85. The van der Waals surface area contributed by atoms with Gasteiger partial charge in [0.1, 0.15) is 5.75 Å². The molecule has 1 heterocycles. The molecule has 5 nitrogen and oxygen atoms in total. The Labute approximate surface area is 140 Å². The number of hydrogen-bond acceptors (Lipinski definition) is 3. The van der Waals surface area contributed by atoms with Gasteiger partial charge in [-0.1, -0.05) is 24.3 Å². The van der Waals surface area contributed by atoms with E-state index in [-0.39, 0.29) is 11.9 Å². The van der Waals surface area contributed by atoms with Crippen LogP contribution in [0.2, 0.25) is 0 Å². The van der Waals surface area contributed by atoms with Gasteiger partial charge in [-0.3, -0.25) is 9.59 Å². The summed E-state index contributed by atoms with van der Waals surface area (Å²) in [7, 11) is 1.56. The fraction of sp³-hybridized carbons (Fsp3) is 0.263. The minimum absolute atomic E-state index is 0.155. The van der Waals surface area contributed by atoms with Crippen LogP contribution in [-0.4, -0.2) is 30.1 Å². The zero-order valence-corrected chi connectivity index (χ0v) is 13.6. The SMILES string of the molecule is COc1cccc(C(=O)N2c3ccccc3C(C(=O)O)CC2C)c1. The van der Waals surface area contributed by atoms with E-state index < -0.39 is 11.9 Å². The zero-order chi connectivity index (χ0) is 17.3. The molecule has 0 saturated heterocycles. The van der Waals surface area contributed by atoms with Crippen molar-refractivity contribution in [2.75, 3.05) is 12.0 Å². The van der Waals surface area contributed by atoms with Gasteiger partial charge in [0.15, 0.2) is 0 Å². The molecule has 2 aromatic rings. The Balaban J connectivity index is 2.05. The van der Waals surface area contributed by atoms with Gasteiger partial charge in [-0.25, -0.2) is 0 Å². The molecule has 1 amide bonds. The first-order valence-electron chi connectivity index (χ1n) is 7.82. The van der Waals surface area contributed by atoms with E-state index in [4.69, 9.17) is 4.74 Å². The summed E-state index contributed by atoms with van der Waals surface area (Å²) in [6.45, 7) is 1.88. The van der Waals surface area contributed by atoms with Crippen molar-refractivity contribution < 1.29 is 19.4 Å². The third kappa shape index (κ3) is 2.73. The number of fused-ring (bicyclic) bond motifs is 1. The number of amides is 1. The Morgan fingerprint density at radius 2 is 1.92 bits per heavy atom. The van der Waals surface area contributed by atoms with Crippen LogP contribution in [0.1, 0.15) is 35.2 Å². The molecule has 2 aromatic carbocycles. The lowest BCUT2D eigenvalue weighted by molar-refractivity contribution is -0.139. The normalized spacial score (nSPS) is 19.5. The van der Waals surface area contributed by atoms with Gasteiger partial charge in [-0.05, 0) is 43.2 Å². The summed E-state index contributed by atoms with van der Waals surface area (Å²) in [6.07, 6.45) is 0.391. The maximum absolute atomic E-state index is 13.0. The first-order valence-corrected chi connectivity index (χ1v) is 7.82. The molecule has 124 valence electrons. The first kappa shape index (κ1) is 16.1. The fourth-order valence-corrected chi connectivity index (χ4v) is 3.25. The van der Waals surface area contributed by atoms with Crippen molar-refractivity contribution in [3.63, 3.8) is 0 Å². The van der Waals surface area contributed by atoms with Gasteiger partial charge >= 0.3 is 5.97 Å². The van der Waals surface area contributed by atoms with Crippen molar-refractivity contribution in [2.24, 2.45) is 0 Å². The standard InChI is InChI=1S/C19H19NO4/c1-12-10-16(19(22)23)15-8-3-4-9-17(15)20(12)18(21)13-6-5-7-14(11-13)24-2/h3-9,11-12,16H,10H2,1-2H3,(H,22,23). The molecule has 0 bridgehead atoms. The number of carboxylic acids is 1. The number of carbonyl (C=O) groups excluding carboxylic acids is 1. The second-order valence-electron chi connectivity index (χ2n) is 5.94. The Kier molecular flexibility index (Phi) is 4.25. The monoisotopic (exact) mass is 325 g/mol. The molecule has 0 aromatic heterocycles. The predicted octanol–water partition coefficient (Wildman–Crippen LogP) is 3.30. The molecular formula is C19H19NO4. The molecule has 0 aliphatic carbocycles. The Bertz CT molecular complexity index is 786. The Morgan fingerprint density at radius 1 is 1.17 bits per heavy atom. The van der Waals surface area contributed by atoms with Gasteiger partial charge in [0, 0.05) is 17.3 Å². The highest BCUT2D eigenvalue weighted by Gasteiger charge is 2.37. The van der Waals surface area contributed by atoms with Crippen LogP contribution in [-0.2, 0) is 4.79 Å². The topological polar surface area (TPSA) is 66.8 Å². The van der Waals surface area contributed by atoms with E-state index in [0.717, 1.165) is 0 Å². The average molecular weight is 325 g/mol. The van der Waals surface area contributed by atoms with Crippen molar-refractivity contribution in [1.82, 2.24) is 0 Å². The highest BCUT2D eigenvalue weighted by molar-refractivity contribution is 6.08. The number of ether oxygens (including phenoxy) is 1. The molecule has 1 aliphatic rings. The van der Waals surface area contributed by atoms with Crippen LogP contribution in [0.25, 0.3) is 0 Å². The molecule has 1 N–H and O–H groups in total. The van der Waals surface area contributed by atoms with Gasteiger partial charge in [0.25, 0.3) is 5.91 Å². The van der Waals surface area contributed by atoms with E-state index in [0.29, 0.717) is 29.0 Å². The lowest BCUT2D eigenvalue weighted by Crippen LogP contribution is -2.44. The van der Waals surface area contributed by atoms with E-state index in [9.17, 15) is 14.7 Å². The molecule has 5 heteroatoms. The second kappa shape index (κ2) is 6.35. The number of benzene rings is 2. The first-order chi connectivity index (χ1) is 11.5. The number of carboxylic acid groups (broad SMARTS) is 1. The Morgan fingerprint density at radius 3 is 2.62 bits per heavy atom. The summed E-state index contributed by atoms with van der Waals surface area (Å²) in [4.78, 5) is 26.3. The van der Waals surface area contributed by atoms with Gasteiger partial charge < -0.3 is 14.7 Å². The number of methoxy groups -OCH3 is 1. The van der Waals surface area contributed by atoms with Gasteiger partial charge in [-0.15, -0.1) is 0 Å². The third-order valence-corrected chi connectivity index (χ3v) is 4.42. The number of carbonyl (C=O) groups is 2. The summed E-state index contributed by atoms with van der Waals surface area (Å²) in [5.74, 6) is -0.992. The van der Waals surface area contributed by atoms with E-state index in [1.807, 2.05) is 13.0 Å². The predicted molar refractivity (Wildman–Crippen MR) is 90.7 cm³/mol. The van der Waals surface area contributed by atoms with Crippen molar-refractivity contribution in [2.45, 2.75) is 25.3 Å². The molecule has 3 rings (SSSR count). The zero-order valence-electron chi connectivity index (χ0n) is 13.6. The lowest BCUT2D eigenvalue weighted by Gasteiger charge is -2.38. The van der Waals surface area contributed by atoms with E-state index in [1.165, 1.54) is 0 Å². The van der Waals surface area contributed by atoms with Crippen LogP contribution in [0.15, 0.2) is 48.5 Å². The molecule has 2 unspecified atom stereocenters. The Hall–Kier alpha value is -2.82. The van der Waals surface area contributed by atoms with Crippen molar-refractivity contribution in [3.05, 3.63) is 59.7 Å². The van der Waals surface area contributed by atoms with Crippen molar-refractivity contribution in [3.8, 4) is 5.75 Å². The average Bonchev–Trinajstić information content (AvgIpc) is 2.60. The van der Waals surface area contributed by atoms with Crippen LogP contribution in [0, 0.1) is 0 Å². The van der Waals surface area contributed by atoms with E-state index >= 15 is 0 Å². The smallest absolute Gasteiger partial charge is 0.311 e. The second-order valence-corrected chi connectivity index (χ2v) is 5.94. The van der Waals surface area contributed by atoms with E-state index in [1.54, 1.807) is 54.5 Å². The molecule has 24 heavy (non-hydrogen) atoms. The maximum Gasteiger partial charge on any atom is 0.311 e. The molecular weight excluding hydrogens is 306 g/mol. The third-order valence-electron chi connectivity index (χ3n) is 4.42. The summed E-state index contributed by atoms with van der Waals surface area (Å²) in [5, 5.41) is 9.49. The summed E-state index contributed by atoms with van der Waals surface area (Å²) < 4.78 is 5.19. The maximum atomic E-state index is 13.0. The quantitative estimate of drug-likeness (QED) is 0.940. The minimum atomic E-state index is -0.859. The van der Waals surface area contributed by atoms with E-state index in [2.05, 4.69) is 0 Å². The number of nitrogens with zero attached hydrogens (tertiary/aromatic N) is 1. The van der Waals surface area contributed by atoms with Crippen LogP contribution in [0.4, 0.5) is 5.69 Å². The van der Waals surface area contributed by atoms with Crippen LogP contribution < -0.4 is 9.64 Å². The number of hydrogen-bond donors (Lipinski definition) is 1. The van der Waals surface area contributed by atoms with Crippen LogP contribution >= 0.6 is 0 Å². The number of anilines is 1.